The lowest BCUT2D eigenvalue weighted by molar-refractivity contribution is -0.384. The highest BCUT2D eigenvalue weighted by atomic mass is 16.6. The minimum atomic E-state index is -1.50. The molecule has 1 aliphatic heterocycles. The number of amides is 1. The third kappa shape index (κ3) is 4.39. The molecule has 0 bridgehead atoms. The number of ether oxygens (including phenoxy) is 1. The average Bonchev–Trinajstić information content (AvgIpc) is 2.65. The van der Waals surface area contributed by atoms with Gasteiger partial charge in [-0.1, -0.05) is 6.92 Å². The SMILES string of the molecule is C[C@@H](N)[C@H]1C(=O)N[C@@H]1[C@@H](C)C(=O)C(=[N+]=[N-])C(=O)OC(=O)c1ccc([N+](=O)[O-])cc1. The quantitative estimate of drug-likeness (QED) is 0.0897. The Morgan fingerprint density at radius 3 is 2.31 bits per heavy atom. The number of rotatable bonds is 7. The number of hydrogen-bond donors (Lipinski definition) is 2. The topological polar surface area (TPSA) is 195 Å². The Balaban J connectivity index is 2.09. The van der Waals surface area contributed by atoms with Crippen LogP contribution in [-0.2, 0) is 19.1 Å². The molecule has 0 saturated carbocycles. The van der Waals surface area contributed by atoms with Crippen LogP contribution in [0.5, 0.6) is 0 Å². The molecule has 0 aromatic heterocycles. The second kappa shape index (κ2) is 8.50. The van der Waals surface area contributed by atoms with Crippen LogP contribution in [0.15, 0.2) is 24.3 Å². The molecule has 0 radical (unpaired) electrons. The Hall–Kier alpha value is -3.76. The van der Waals surface area contributed by atoms with Crippen molar-refractivity contribution >= 4 is 35.0 Å². The van der Waals surface area contributed by atoms with Crippen LogP contribution in [-0.4, -0.2) is 51.1 Å². The number of carbonyl (C=O) groups excluding carboxylic acids is 4. The van der Waals surface area contributed by atoms with E-state index >= 15 is 0 Å². The summed E-state index contributed by atoms with van der Waals surface area (Å²) in [5.74, 6) is -5.64. The van der Waals surface area contributed by atoms with E-state index in [9.17, 15) is 29.3 Å². The maximum atomic E-state index is 12.5. The molecule has 1 heterocycles. The molecule has 152 valence electrons. The molecule has 3 N–H and O–H groups in total. The zero-order valence-corrected chi connectivity index (χ0v) is 15.4. The van der Waals surface area contributed by atoms with Crippen molar-refractivity contribution in [1.29, 1.82) is 0 Å². The van der Waals surface area contributed by atoms with Gasteiger partial charge in [0, 0.05) is 24.1 Å². The first-order chi connectivity index (χ1) is 13.6. The molecule has 1 fully saturated rings. The van der Waals surface area contributed by atoms with Crippen molar-refractivity contribution in [3.8, 4) is 0 Å². The van der Waals surface area contributed by atoms with E-state index in [4.69, 9.17) is 11.3 Å². The Kier molecular flexibility index (Phi) is 6.32. The predicted octanol–water partition coefficient (Wildman–Crippen LogP) is -0.384. The summed E-state index contributed by atoms with van der Waals surface area (Å²) >= 11 is 0. The normalized spacial score (nSPS) is 19.6. The lowest BCUT2D eigenvalue weighted by Crippen LogP contribution is -2.67. The summed E-state index contributed by atoms with van der Waals surface area (Å²) in [4.78, 5) is 60.8. The zero-order chi connectivity index (χ0) is 21.9. The van der Waals surface area contributed by atoms with Crippen LogP contribution in [0, 0.1) is 22.0 Å². The number of esters is 2. The summed E-state index contributed by atoms with van der Waals surface area (Å²) in [5.41, 5.74) is 13.3. The number of benzene rings is 1. The van der Waals surface area contributed by atoms with Crippen LogP contribution in [0.25, 0.3) is 5.53 Å². The Morgan fingerprint density at radius 2 is 1.86 bits per heavy atom. The third-order valence-electron chi connectivity index (χ3n) is 4.54. The standard InChI is InChI=1S/C17H17N5O7/c1-7(12-11(8(2)18)15(24)20-12)14(23)13(21-19)17(26)29-16(25)9-3-5-10(6-4-9)22(27)28/h3-8,11-12H,18H2,1-2H3,(H,20,24)/t7-,8-,11-,12-/m1/s1. The highest BCUT2D eigenvalue weighted by Crippen LogP contribution is 2.25. The molecule has 0 aliphatic carbocycles. The van der Waals surface area contributed by atoms with Gasteiger partial charge in [0.05, 0.1) is 22.4 Å². The van der Waals surface area contributed by atoms with Crippen molar-refractivity contribution in [2.45, 2.75) is 25.9 Å². The van der Waals surface area contributed by atoms with Crippen LogP contribution in [0.4, 0.5) is 5.69 Å². The van der Waals surface area contributed by atoms with E-state index in [-0.39, 0.29) is 17.2 Å². The first kappa shape index (κ1) is 21.5. The molecule has 12 heteroatoms. The molecule has 0 unspecified atom stereocenters. The highest BCUT2D eigenvalue weighted by molar-refractivity contribution is 6.63. The Morgan fingerprint density at radius 1 is 1.28 bits per heavy atom. The fourth-order valence-corrected chi connectivity index (χ4v) is 2.90. The molecule has 2 rings (SSSR count). The molecular weight excluding hydrogens is 386 g/mol. The molecule has 1 amide bonds. The average molecular weight is 403 g/mol. The minimum absolute atomic E-state index is 0.190. The van der Waals surface area contributed by atoms with Gasteiger partial charge in [-0.25, -0.2) is 9.59 Å². The molecule has 1 aromatic rings. The van der Waals surface area contributed by atoms with Gasteiger partial charge in [-0.05, 0) is 19.1 Å². The molecule has 1 saturated heterocycles. The van der Waals surface area contributed by atoms with Crippen LogP contribution in [0.2, 0.25) is 0 Å². The van der Waals surface area contributed by atoms with E-state index in [1.165, 1.54) is 6.92 Å². The van der Waals surface area contributed by atoms with E-state index in [0.29, 0.717) is 0 Å². The predicted molar refractivity (Wildman–Crippen MR) is 95.4 cm³/mol. The molecule has 1 aromatic carbocycles. The van der Waals surface area contributed by atoms with Gasteiger partial charge in [-0.2, -0.15) is 4.79 Å². The molecule has 29 heavy (non-hydrogen) atoms. The van der Waals surface area contributed by atoms with E-state index in [0.717, 1.165) is 24.3 Å². The summed E-state index contributed by atoms with van der Waals surface area (Å²) < 4.78 is 4.52. The number of non-ortho nitro benzene ring substituents is 1. The molecule has 12 nitrogen and oxygen atoms in total. The maximum absolute atomic E-state index is 12.5. The largest absolute Gasteiger partial charge is 0.442 e. The van der Waals surface area contributed by atoms with Crippen molar-refractivity contribution in [2.24, 2.45) is 17.6 Å². The first-order valence-electron chi connectivity index (χ1n) is 8.41. The number of β-lactam (4-membered cyclic amide) rings is 1. The number of nitrogens with two attached hydrogens (primary N) is 1. The van der Waals surface area contributed by atoms with Crippen molar-refractivity contribution in [3.05, 3.63) is 45.5 Å². The van der Waals surface area contributed by atoms with E-state index < -0.39 is 52.3 Å². The maximum Gasteiger partial charge on any atom is 0.442 e. The summed E-state index contributed by atoms with van der Waals surface area (Å²) in [6.45, 7) is 2.99. The number of nitro benzene ring substituents is 1. The number of nitrogens with zero attached hydrogens (tertiary/aromatic N) is 3. The number of Topliss-reactive ketones (excluding diaryl/α,β-unsaturated/α-hetero) is 1. The van der Waals surface area contributed by atoms with Crippen LogP contribution in [0.1, 0.15) is 24.2 Å². The number of carbonyl (C=O) groups is 4. The summed E-state index contributed by atoms with van der Waals surface area (Å²) in [6.07, 6.45) is 0. The van der Waals surface area contributed by atoms with E-state index in [1.807, 2.05) is 0 Å². The van der Waals surface area contributed by atoms with Crippen molar-refractivity contribution in [1.82, 2.24) is 5.32 Å². The number of ketones is 1. The summed E-state index contributed by atoms with van der Waals surface area (Å²) in [6, 6.07) is 2.96. The van der Waals surface area contributed by atoms with E-state index in [2.05, 4.69) is 14.8 Å². The lowest BCUT2D eigenvalue weighted by Gasteiger charge is -2.41. The number of hydrogen-bond acceptors (Lipinski definition) is 8. The molecular formula is C17H17N5O7. The lowest BCUT2D eigenvalue weighted by atomic mass is 9.76. The number of nitro groups is 1. The van der Waals surface area contributed by atoms with Gasteiger partial charge in [0.2, 0.25) is 5.91 Å². The van der Waals surface area contributed by atoms with Crippen molar-refractivity contribution < 1.29 is 33.6 Å². The fourth-order valence-electron chi connectivity index (χ4n) is 2.90. The molecule has 1 aliphatic rings. The van der Waals surface area contributed by atoms with Crippen LogP contribution in [0.3, 0.4) is 0 Å². The van der Waals surface area contributed by atoms with Gasteiger partial charge in [-0.3, -0.25) is 19.7 Å². The van der Waals surface area contributed by atoms with E-state index in [1.54, 1.807) is 6.92 Å². The summed E-state index contributed by atoms with van der Waals surface area (Å²) in [7, 11) is 0. The molecule has 0 spiro atoms. The zero-order valence-electron chi connectivity index (χ0n) is 15.4. The van der Waals surface area contributed by atoms with Gasteiger partial charge in [0.1, 0.15) is 0 Å². The monoisotopic (exact) mass is 403 g/mol. The molecule has 4 atom stereocenters. The van der Waals surface area contributed by atoms with Gasteiger partial charge in [-0.15, -0.1) is 0 Å². The van der Waals surface area contributed by atoms with Crippen molar-refractivity contribution in [3.63, 3.8) is 0 Å². The van der Waals surface area contributed by atoms with Crippen LogP contribution < -0.4 is 11.1 Å². The highest BCUT2D eigenvalue weighted by Gasteiger charge is 2.50. The van der Waals surface area contributed by atoms with Gasteiger partial charge >= 0.3 is 17.7 Å². The van der Waals surface area contributed by atoms with Gasteiger partial charge in [0.25, 0.3) is 11.5 Å². The second-order valence-electron chi connectivity index (χ2n) is 6.50. The minimum Gasteiger partial charge on any atom is -0.380 e. The third-order valence-corrected chi connectivity index (χ3v) is 4.54. The fraction of sp³-hybridized carbons (Fsp3) is 0.353. The first-order valence-corrected chi connectivity index (χ1v) is 8.41. The van der Waals surface area contributed by atoms with Crippen LogP contribution >= 0.6 is 0 Å². The Bertz CT molecular complexity index is 934. The number of nitrogens with one attached hydrogen (secondary N) is 1. The Labute approximate surface area is 163 Å². The van der Waals surface area contributed by atoms with Crippen molar-refractivity contribution in [2.75, 3.05) is 0 Å². The summed E-state index contributed by atoms with van der Waals surface area (Å²) in [5, 5.41) is 13.1. The van der Waals surface area contributed by atoms with Gasteiger partial charge < -0.3 is 21.3 Å². The second-order valence-corrected chi connectivity index (χ2v) is 6.50. The van der Waals surface area contributed by atoms with Gasteiger partial charge in [0.15, 0.2) is 0 Å². The smallest absolute Gasteiger partial charge is 0.380 e.